The molecule has 8 heteroatoms. The van der Waals surface area contributed by atoms with E-state index in [0.717, 1.165) is 29.3 Å². The minimum Gasteiger partial charge on any atom is -0.369 e. The second-order valence-corrected chi connectivity index (χ2v) is 6.49. The molecule has 0 unspecified atom stereocenters. The second-order valence-electron chi connectivity index (χ2n) is 6.06. The Balaban J connectivity index is 1.66. The summed E-state index contributed by atoms with van der Waals surface area (Å²) in [5.41, 5.74) is 9.87. The number of nitrogens with zero attached hydrogens (tertiary/aromatic N) is 4. The Morgan fingerprint density at radius 1 is 1.38 bits per heavy atom. The molecule has 7 nitrogen and oxygen atoms in total. The first-order chi connectivity index (χ1) is 11.5. The fourth-order valence-corrected chi connectivity index (χ4v) is 3.38. The molecule has 0 saturated heterocycles. The van der Waals surface area contributed by atoms with Crippen molar-refractivity contribution in [3.63, 3.8) is 0 Å². The Morgan fingerprint density at radius 3 is 3.04 bits per heavy atom. The number of aromatic nitrogens is 4. The number of nitrogens with two attached hydrogens (primary N) is 1. The van der Waals surface area contributed by atoms with Crippen LogP contribution in [-0.2, 0) is 19.5 Å². The first kappa shape index (κ1) is 15.2. The highest BCUT2D eigenvalue weighted by Gasteiger charge is 2.22. The number of fused-ring (bicyclic) bond motifs is 2. The molecule has 4 rings (SSSR count). The third-order valence-electron chi connectivity index (χ3n) is 4.42. The van der Waals surface area contributed by atoms with E-state index in [-0.39, 0.29) is 11.5 Å². The third-order valence-corrected chi connectivity index (χ3v) is 4.64. The van der Waals surface area contributed by atoms with Crippen LogP contribution in [-0.4, -0.2) is 30.8 Å². The Kier molecular flexibility index (Phi) is 3.54. The highest BCUT2D eigenvalue weighted by molar-refractivity contribution is 6.30. The maximum Gasteiger partial charge on any atom is 0.257 e. The Morgan fingerprint density at radius 2 is 2.21 bits per heavy atom. The van der Waals surface area contributed by atoms with E-state index < -0.39 is 0 Å². The first-order valence-corrected chi connectivity index (χ1v) is 8.12. The summed E-state index contributed by atoms with van der Waals surface area (Å²) in [4.78, 5) is 25.7. The summed E-state index contributed by atoms with van der Waals surface area (Å²) in [5, 5.41) is 0.668. The van der Waals surface area contributed by atoms with Crippen LogP contribution < -0.4 is 11.3 Å². The number of pyridine rings is 1. The third kappa shape index (κ3) is 2.55. The highest BCUT2D eigenvalue weighted by atomic mass is 35.5. The minimum absolute atomic E-state index is 0.153. The molecule has 3 aromatic heterocycles. The molecule has 4 heterocycles. The van der Waals surface area contributed by atoms with Crippen LogP contribution in [0.1, 0.15) is 22.6 Å². The van der Waals surface area contributed by atoms with Crippen molar-refractivity contribution in [3.8, 4) is 0 Å². The molecule has 3 N–H and O–H groups in total. The lowest BCUT2D eigenvalue weighted by Gasteiger charge is -2.27. The second kappa shape index (κ2) is 5.61. The van der Waals surface area contributed by atoms with Crippen LogP contribution in [0.15, 0.2) is 23.1 Å². The monoisotopic (exact) mass is 344 g/mol. The molecule has 24 heavy (non-hydrogen) atoms. The largest absolute Gasteiger partial charge is 0.369 e. The van der Waals surface area contributed by atoms with Gasteiger partial charge in [0.2, 0.25) is 5.95 Å². The zero-order valence-electron chi connectivity index (χ0n) is 13.2. The average Bonchev–Trinajstić information content (AvgIpc) is 2.83. The molecule has 0 amide bonds. The fourth-order valence-electron chi connectivity index (χ4n) is 3.22. The Bertz CT molecular complexity index is 992. The maximum absolute atomic E-state index is 12.1. The predicted molar refractivity (Wildman–Crippen MR) is 92.0 cm³/mol. The van der Waals surface area contributed by atoms with E-state index in [1.165, 1.54) is 0 Å². The molecular formula is C16H17ClN6O. The number of aryl methyl sites for hydroxylation is 1. The Labute approximate surface area is 143 Å². The van der Waals surface area contributed by atoms with Gasteiger partial charge in [0, 0.05) is 32.3 Å². The van der Waals surface area contributed by atoms with Gasteiger partial charge in [-0.15, -0.1) is 0 Å². The smallest absolute Gasteiger partial charge is 0.257 e. The lowest BCUT2D eigenvalue weighted by atomic mass is 10.1. The van der Waals surface area contributed by atoms with Crippen LogP contribution in [0.2, 0.25) is 5.02 Å². The number of aromatic amines is 1. The molecule has 0 saturated carbocycles. The van der Waals surface area contributed by atoms with Crippen molar-refractivity contribution < 1.29 is 0 Å². The van der Waals surface area contributed by atoms with Gasteiger partial charge in [0.1, 0.15) is 5.65 Å². The number of halogens is 1. The highest BCUT2D eigenvalue weighted by Crippen LogP contribution is 2.21. The van der Waals surface area contributed by atoms with Gasteiger partial charge in [-0.3, -0.25) is 14.7 Å². The summed E-state index contributed by atoms with van der Waals surface area (Å²) in [6.45, 7) is 4.04. The van der Waals surface area contributed by atoms with Crippen LogP contribution in [0, 0.1) is 6.92 Å². The van der Waals surface area contributed by atoms with E-state index in [2.05, 4.69) is 19.9 Å². The summed E-state index contributed by atoms with van der Waals surface area (Å²) in [5.74, 6) is 0.180. The molecule has 0 aliphatic carbocycles. The SMILES string of the molecule is Cc1nc2ccc(Cl)cn2c1CN1CCc2nc(N)[nH]c(=O)c2C1. The zero-order chi connectivity index (χ0) is 16.8. The van der Waals surface area contributed by atoms with Crippen LogP contribution in [0.25, 0.3) is 5.65 Å². The van der Waals surface area contributed by atoms with E-state index in [1.54, 1.807) is 0 Å². The van der Waals surface area contributed by atoms with Crippen LogP contribution in [0.4, 0.5) is 5.95 Å². The maximum atomic E-state index is 12.1. The number of imidazole rings is 1. The van der Waals surface area contributed by atoms with Crippen molar-refractivity contribution in [2.24, 2.45) is 0 Å². The quantitative estimate of drug-likeness (QED) is 0.735. The zero-order valence-corrected chi connectivity index (χ0v) is 14.0. The van der Waals surface area contributed by atoms with E-state index in [4.69, 9.17) is 17.3 Å². The summed E-state index contributed by atoms with van der Waals surface area (Å²) in [6, 6.07) is 3.74. The van der Waals surface area contributed by atoms with Crippen LogP contribution >= 0.6 is 11.6 Å². The number of rotatable bonds is 2. The van der Waals surface area contributed by atoms with Gasteiger partial charge in [0.25, 0.3) is 5.56 Å². The number of anilines is 1. The van der Waals surface area contributed by atoms with Crippen molar-refractivity contribution in [2.75, 3.05) is 12.3 Å². The van der Waals surface area contributed by atoms with Gasteiger partial charge in [-0.2, -0.15) is 0 Å². The number of nitrogen functional groups attached to an aromatic ring is 1. The van der Waals surface area contributed by atoms with Crippen molar-refractivity contribution in [3.05, 3.63) is 56.4 Å². The fraction of sp³-hybridized carbons (Fsp3) is 0.312. The Hall–Kier alpha value is -2.38. The van der Waals surface area contributed by atoms with Gasteiger partial charge in [-0.1, -0.05) is 11.6 Å². The molecular weight excluding hydrogens is 328 g/mol. The molecule has 0 fully saturated rings. The van der Waals surface area contributed by atoms with Crippen LogP contribution in [0.5, 0.6) is 0 Å². The molecule has 0 atom stereocenters. The lowest BCUT2D eigenvalue weighted by Crippen LogP contribution is -2.36. The lowest BCUT2D eigenvalue weighted by molar-refractivity contribution is 0.238. The van der Waals surface area contributed by atoms with E-state index in [9.17, 15) is 4.79 Å². The topological polar surface area (TPSA) is 92.3 Å². The molecule has 0 aromatic carbocycles. The first-order valence-electron chi connectivity index (χ1n) is 7.74. The summed E-state index contributed by atoms with van der Waals surface area (Å²) >= 11 is 6.12. The molecule has 0 spiro atoms. The summed E-state index contributed by atoms with van der Waals surface area (Å²) in [7, 11) is 0. The van der Waals surface area contributed by atoms with E-state index >= 15 is 0 Å². The van der Waals surface area contributed by atoms with Gasteiger partial charge in [-0.25, -0.2) is 9.97 Å². The van der Waals surface area contributed by atoms with Gasteiger partial charge >= 0.3 is 0 Å². The number of H-pyrrole nitrogens is 1. The normalized spacial score (nSPS) is 14.9. The molecule has 124 valence electrons. The summed E-state index contributed by atoms with van der Waals surface area (Å²) in [6.07, 6.45) is 2.58. The van der Waals surface area contributed by atoms with Gasteiger partial charge in [-0.05, 0) is 19.1 Å². The van der Waals surface area contributed by atoms with Crippen molar-refractivity contribution in [2.45, 2.75) is 26.4 Å². The summed E-state index contributed by atoms with van der Waals surface area (Å²) < 4.78 is 2.01. The van der Waals surface area contributed by atoms with Crippen molar-refractivity contribution >= 4 is 23.2 Å². The molecule has 0 bridgehead atoms. The molecule has 1 aliphatic heterocycles. The standard InChI is InChI=1S/C16H17ClN6O/c1-9-13(23-6-10(17)2-3-14(23)19-9)8-22-5-4-12-11(7-22)15(24)21-16(18)20-12/h2-3,6H,4-5,7-8H2,1H3,(H3,18,20,21,24). The minimum atomic E-state index is -0.153. The van der Waals surface area contributed by atoms with Crippen LogP contribution in [0.3, 0.4) is 0 Å². The van der Waals surface area contributed by atoms with E-state index in [0.29, 0.717) is 30.1 Å². The van der Waals surface area contributed by atoms with Gasteiger partial charge < -0.3 is 10.1 Å². The van der Waals surface area contributed by atoms with Gasteiger partial charge in [0.15, 0.2) is 0 Å². The molecule has 1 aliphatic rings. The number of hydrogen-bond donors (Lipinski definition) is 2. The molecule has 3 aromatic rings. The average molecular weight is 345 g/mol. The van der Waals surface area contributed by atoms with Crippen molar-refractivity contribution in [1.82, 2.24) is 24.3 Å². The van der Waals surface area contributed by atoms with Gasteiger partial charge in [0.05, 0.1) is 27.7 Å². The van der Waals surface area contributed by atoms with E-state index in [1.807, 2.05) is 29.7 Å². The number of hydrogen-bond acceptors (Lipinski definition) is 5. The number of nitrogens with one attached hydrogen (secondary N) is 1. The predicted octanol–water partition coefficient (Wildman–Crippen LogP) is 1.52. The molecule has 0 radical (unpaired) electrons. The van der Waals surface area contributed by atoms with Crippen molar-refractivity contribution in [1.29, 1.82) is 0 Å².